The average molecular weight is 279 g/mol. The fraction of sp³-hybridized carbons (Fsp3) is 0.400. The van der Waals surface area contributed by atoms with Crippen molar-refractivity contribution in [3.05, 3.63) is 53.4 Å². The first-order valence-corrected chi connectivity index (χ1v) is 6.75. The molecule has 2 aromatic rings. The molecule has 0 saturated carbocycles. The molecule has 20 heavy (non-hydrogen) atoms. The van der Waals surface area contributed by atoms with Gasteiger partial charge in [0.1, 0.15) is 11.6 Å². The number of hydrogen-bond donors (Lipinski definition) is 1. The molecule has 0 radical (unpaired) electrons. The molecule has 0 fully saturated rings. The average Bonchev–Trinajstić information content (AvgIpc) is 2.80. The van der Waals surface area contributed by atoms with Crippen LogP contribution in [0.3, 0.4) is 0 Å². The van der Waals surface area contributed by atoms with Crippen molar-refractivity contribution in [3.63, 3.8) is 0 Å². The largest absolute Gasteiger partial charge is 0.310 e. The Labute approximate surface area is 117 Å². The molecule has 0 bridgehead atoms. The molecule has 0 amide bonds. The van der Waals surface area contributed by atoms with Crippen molar-refractivity contribution in [1.82, 2.24) is 15.1 Å². The number of rotatable bonds is 6. The maximum atomic E-state index is 13.3. The van der Waals surface area contributed by atoms with Gasteiger partial charge in [0.15, 0.2) is 0 Å². The third-order valence-corrected chi connectivity index (χ3v) is 3.13. The van der Waals surface area contributed by atoms with Gasteiger partial charge in [0.25, 0.3) is 0 Å². The van der Waals surface area contributed by atoms with Gasteiger partial charge in [-0.2, -0.15) is 5.10 Å². The lowest BCUT2D eigenvalue weighted by Gasteiger charge is -2.17. The van der Waals surface area contributed by atoms with Gasteiger partial charge in [0.05, 0.1) is 6.20 Å². The minimum absolute atomic E-state index is 0.00449. The maximum absolute atomic E-state index is 13.3. The highest BCUT2D eigenvalue weighted by Gasteiger charge is 2.14. The quantitative estimate of drug-likeness (QED) is 0.881. The van der Waals surface area contributed by atoms with E-state index in [1.165, 1.54) is 12.1 Å². The molecular formula is C15H19F2N3. The van der Waals surface area contributed by atoms with Crippen LogP contribution in [0.2, 0.25) is 0 Å². The van der Waals surface area contributed by atoms with E-state index in [-0.39, 0.29) is 6.04 Å². The summed E-state index contributed by atoms with van der Waals surface area (Å²) in [5, 5.41) is 7.54. The molecule has 0 spiro atoms. The molecule has 108 valence electrons. The number of aryl methyl sites for hydroxylation is 1. The third kappa shape index (κ3) is 3.87. The Hall–Kier alpha value is -1.75. The smallest absolute Gasteiger partial charge is 0.126 e. The van der Waals surface area contributed by atoms with Gasteiger partial charge in [0, 0.05) is 30.9 Å². The second kappa shape index (κ2) is 6.61. The summed E-state index contributed by atoms with van der Waals surface area (Å²) in [4.78, 5) is 0. The molecule has 0 aliphatic carbocycles. The maximum Gasteiger partial charge on any atom is 0.126 e. The predicted octanol–water partition coefficient (Wildman–Crippen LogP) is 2.98. The monoisotopic (exact) mass is 279 g/mol. The molecule has 1 aromatic carbocycles. The Balaban J connectivity index is 2.18. The standard InChI is InChI=1S/C15H19F2N3/c1-3-4-18-15(12-9-19-20(2)10-12)7-11-5-13(16)8-14(17)6-11/h5-6,8-10,15,18H,3-4,7H2,1-2H3. The number of benzene rings is 1. The number of nitrogens with zero attached hydrogens (tertiary/aromatic N) is 2. The number of nitrogens with one attached hydrogen (secondary N) is 1. The van der Waals surface area contributed by atoms with Crippen LogP contribution >= 0.6 is 0 Å². The highest BCUT2D eigenvalue weighted by atomic mass is 19.1. The van der Waals surface area contributed by atoms with Crippen LogP contribution in [0.15, 0.2) is 30.6 Å². The normalized spacial score (nSPS) is 12.6. The van der Waals surface area contributed by atoms with E-state index in [0.29, 0.717) is 12.0 Å². The van der Waals surface area contributed by atoms with E-state index in [2.05, 4.69) is 17.3 Å². The van der Waals surface area contributed by atoms with Crippen LogP contribution in [-0.2, 0) is 13.5 Å². The lowest BCUT2D eigenvalue weighted by Crippen LogP contribution is -2.24. The summed E-state index contributed by atoms with van der Waals surface area (Å²) in [5.41, 5.74) is 1.66. The summed E-state index contributed by atoms with van der Waals surface area (Å²) in [5.74, 6) is -1.08. The molecular weight excluding hydrogens is 260 g/mol. The summed E-state index contributed by atoms with van der Waals surface area (Å²) in [7, 11) is 1.85. The van der Waals surface area contributed by atoms with E-state index >= 15 is 0 Å². The molecule has 1 atom stereocenters. The van der Waals surface area contributed by atoms with Gasteiger partial charge in [-0.3, -0.25) is 4.68 Å². The molecule has 1 N–H and O–H groups in total. The van der Waals surface area contributed by atoms with E-state index in [1.54, 1.807) is 10.9 Å². The summed E-state index contributed by atoms with van der Waals surface area (Å²) in [6, 6.07) is 3.65. The van der Waals surface area contributed by atoms with Gasteiger partial charge in [0.2, 0.25) is 0 Å². The number of aromatic nitrogens is 2. The Morgan fingerprint density at radius 3 is 2.50 bits per heavy atom. The molecule has 5 heteroatoms. The molecule has 0 aliphatic heterocycles. The van der Waals surface area contributed by atoms with Crippen molar-refractivity contribution in [2.45, 2.75) is 25.8 Å². The van der Waals surface area contributed by atoms with E-state index in [1.807, 2.05) is 13.2 Å². The van der Waals surface area contributed by atoms with Crippen LogP contribution in [0.5, 0.6) is 0 Å². The first-order chi connectivity index (χ1) is 9.58. The van der Waals surface area contributed by atoms with Gasteiger partial charge in [-0.25, -0.2) is 8.78 Å². The second-order valence-electron chi connectivity index (χ2n) is 4.94. The van der Waals surface area contributed by atoms with Crippen molar-refractivity contribution in [2.75, 3.05) is 6.54 Å². The third-order valence-electron chi connectivity index (χ3n) is 3.13. The molecule has 1 heterocycles. The lowest BCUT2D eigenvalue weighted by molar-refractivity contribution is 0.522. The SMILES string of the molecule is CCCNC(Cc1cc(F)cc(F)c1)c1cnn(C)c1. The minimum Gasteiger partial charge on any atom is -0.310 e. The molecule has 3 nitrogen and oxygen atoms in total. The lowest BCUT2D eigenvalue weighted by atomic mass is 10.0. The highest BCUT2D eigenvalue weighted by Crippen LogP contribution is 2.19. The van der Waals surface area contributed by atoms with E-state index in [4.69, 9.17) is 0 Å². The van der Waals surface area contributed by atoms with E-state index < -0.39 is 11.6 Å². The van der Waals surface area contributed by atoms with Gasteiger partial charge in [-0.15, -0.1) is 0 Å². The summed E-state index contributed by atoms with van der Waals surface area (Å²) in [6.07, 6.45) is 5.22. The van der Waals surface area contributed by atoms with Crippen molar-refractivity contribution < 1.29 is 8.78 Å². The van der Waals surface area contributed by atoms with Crippen molar-refractivity contribution >= 4 is 0 Å². The van der Waals surface area contributed by atoms with Gasteiger partial charge in [-0.1, -0.05) is 6.92 Å². The van der Waals surface area contributed by atoms with Crippen LogP contribution < -0.4 is 5.32 Å². The first-order valence-electron chi connectivity index (χ1n) is 6.75. The summed E-state index contributed by atoms with van der Waals surface area (Å²) >= 11 is 0. The van der Waals surface area contributed by atoms with E-state index in [0.717, 1.165) is 24.6 Å². The van der Waals surface area contributed by atoms with Crippen LogP contribution in [0.4, 0.5) is 8.78 Å². The Bertz CT molecular complexity index is 546. The Morgan fingerprint density at radius 1 is 1.25 bits per heavy atom. The van der Waals surface area contributed by atoms with Crippen LogP contribution in [0, 0.1) is 11.6 Å². The van der Waals surface area contributed by atoms with Crippen molar-refractivity contribution in [3.8, 4) is 0 Å². The topological polar surface area (TPSA) is 29.9 Å². The molecule has 2 rings (SSSR count). The zero-order valence-corrected chi connectivity index (χ0v) is 11.7. The summed E-state index contributed by atoms with van der Waals surface area (Å²) in [6.45, 7) is 2.92. The molecule has 1 unspecified atom stereocenters. The number of hydrogen-bond acceptors (Lipinski definition) is 2. The predicted molar refractivity (Wildman–Crippen MR) is 74.3 cm³/mol. The Morgan fingerprint density at radius 2 is 1.95 bits per heavy atom. The first kappa shape index (κ1) is 14.7. The van der Waals surface area contributed by atoms with Crippen molar-refractivity contribution in [1.29, 1.82) is 0 Å². The molecule has 0 saturated heterocycles. The molecule has 0 aliphatic rings. The second-order valence-corrected chi connectivity index (χ2v) is 4.94. The highest BCUT2D eigenvalue weighted by molar-refractivity contribution is 5.22. The zero-order valence-electron chi connectivity index (χ0n) is 11.7. The van der Waals surface area contributed by atoms with Crippen molar-refractivity contribution in [2.24, 2.45) is 7.05 Å². The van der Waals surface area contributed by atoms with Gasteiger partial charge < -0.3 is 5.32 Å². The zero-order chi connectivity index (χ0) is 14.5. The molecule has 1 aromatic heterocycles. The van der Waals surface area contributed by atoms with Gasteiger partial charge in [-0.05, 0) is 37.1 Å². The number of halogens is 2. The van der Waals surface area contributed by atoms with Crippen LogP contribution in [0.25, 0.3) is 0 Å². The fourth-order valence-corrected chi connectivity index (χ4v) is 2.21. The van der Waals surface area contributed by atoms with E-state index in [9.17, 15) is 8.78 Å². The van der Waals surface area contributed by atoms with Gasteiger partial charge >= 0.3 is 0 Å². The van der Waals surface area contributed by atoms with Crippen LogP contribution in [0.1, 0.15) is 30.5 Å². The summed E-state index contributed by atoms with van der Waals surface area (Å²) < 4.78 is 28.2. The Kier molecular flexibility index (Phi) is 4.84. The van der Waals surface area contributed by atoms with Crippen LogP contribution in [-0.4, -0.2) is 16.3 Å². The minimum atomic E-state index is -0.541. The fourth-order valence-electron chi connectivity index (χ4n) is 2.21.